The first-order chi connectivity index (χ1) is 19.4. The fourth-order valence-electron chi connectivity index (χ4n) is 4.70. The van der Waals surface area contributed by atoms with E-state index in [1.54, 1.807) is 31.4 Å². The van der Waals surface area contributed by atoms with E-state index >= 15 is 0 Å². The number of hydrogen-bond acceptors (Lipinski definition) is 7. The Bertz CT molecular complexity index is 1660. The minimum Gasteiger partial charge on any atom is -0.508 e. The lowest BCUT2D eigenvalue weighted by Crippen LogP contribution is -2.24. The molecule has 1 aromatic heterocycles. The lowest BCUT2D eigenvalue weighted by atomic mass is 10.0. The van der Waals surface area contributed by atoms with Gasteiger partial charge < -0.3 is 35.7 Å². The summed E-state index contributed by atoms with van der Waals surface area (Å²) in [7, 11) is 1.64. The quantitative estimate of drug-likeness (QED) is 0.135. The Kier molecular flexibility index (Phi) is 8.00. The molecule has 6 N–H and O–H groups in total. The van der Waals surface area contributed by atoms with Crippen LogP contribution in [0.4, 0.5) is 11.4 Å². The van der Waals surface area contributed by atoms with Gasteiger partial charge in [0.25, 0.3) is 0 Å². The maximum Gasteiger partial charge on any atom is 0.248 e. The van der Waals surface area contributed by atoms with Crippen LogP contribution in [-0.4, -0.2) is 40.5 Å². The largest absolute Gasteiger partial charge is 0.508 e. The molecule has 0 saturated carbocycles. The number of aromatic hydroxyl groups is 2. The van der Waals surface area contributed by atoms with Crippen LogP contribution in [-0.2, 0) is 6.42 Å². The number of phenols is 2. The number of benzene rings is 4. The zero-order valence-corrected chi connectivity index (χ0v) is 22.0. The van der Waals surface area contributed by atoms with Crippen molar-refractivity contribution in [2.75, 3.05) is 25.5 Å². The van der Waals surface area contributed by atoms with Crippen molar-refractivity contribution in [2.24, 2.45) is 0 Å². The fourth-order valence-corrected chi connectivity index (χ4v) is 4.70. The van der Waals surface area contributed by atoms with Gasteiger partial charge in [-0.15, -0.1) is 0 Å². The Morgan fingerprint density at radius 3 is 2.38 bits per heavy atom. The van der Waals surface area contributed by atoms with Crippen LogP contribution in [0.2, 0.25) is 0 Å². The van der Waals surface area contributed by atoms with E-state index in [2.05, 4.69) is 27.8 Å². The van der Waals surface area contributed by atoms with E-state index < -0.39 is 6.10 Å². The summed E-state index contributed by atoms with van der Waals surface area (Å²) < 4.78 is 5.53. The van der Waals surface area contributed by atoms with Gasteiger partial charge in [-0.25, -0.2) is 0 Å². The Labute approximate surface area is 231 Å². The van der Waals surface area contributed by atoms with Crippen molar-refractivity contribution in [3.63, 3.8) is 0 Å². The van der Waals surface area contributed by atoms with Crippen LogP contribution >= 0.6 is 0 Å². The SMILES string of the molecule is COc1ccc(Nc2ccc(CCNC[C@H](O)c3ccc(O)c4[nH]c(=O)ccc34)cc2)cc1-c1ccc(O)cc1. The summed E-state index contributed by atoms with van der Waals surface area (Å²) in [5.41, 5.74) is 5.54. The maximum absolute atomic E-state index is 11.6. The first kappa shape index (κ1) is 26.8. The summed E-state index contributed by atoms with van der Waals surface area (Å²) in [5.74, 6) is 0.935. The van der Waals surface area contributed by atoms with Gasteiger partial charge in [-0.2, -0.15) is 0 Å². The average Bonchev–Trinajstić information content (AvgIpc) is 2.97. The molecule has 1 atom stereocenters. The van der Waals surface area contributed by atoms with Crippen molar-refractivity contribution < 1.29 is 20.1 Å². The van der Waals surface area contributed by atoms with Gasteiger partial charge in [-0.3, -0.25) is 4.79 Å². The van der Waals surface area contributed by atoms with E-state index in [1.165, 1.54) is 12.1 Å². The second-order valence-corrected chi connectivity index (χ2v) is 9.54. The first-order valence-electron chi connectivity index (χ1n) is 13.0. The summed E-state index contributed by atoms with van der Waals surface area (Å²) >= 11 is 0. The number of aromatic nitrogens is 1. The summed E-state index contributed by atoms with van der Waals surface area (Å²) in [6.07, 6.45) is -0.0129. The normalized spacial score (nSPS) is 11.8. The number of aromatic amines is 1. The molecule has 0 amide bonds. The van der Waals surface area contributed by atoms with Crippen molar-refractivity contribution in [3.05, 3.63) is 112 Å². The molecule has 0 spiro atoms. The molecule has 0 bridgehead atoms. The van der Waals surface area contributed by atoms with E-state index in [-0.39, 0.29) is 17.1 Å². The van der Waals surface area contributed by atoms with Gasteiger partial charge in [0.2, 0.25) is 5.56 Å². The Balaban J connectivity index is 1.17. The molecule has 0 unspecified atom stereocenters. The highest BCUT2D eigenvalue weighted by Gasteiger charge is 2.14. The third-order valence-corrected chi connectivity index (χ3v) is 6.81. The standard InChI is InChI=1S/C32H31N3O5/c1-40-30-14-8-23(18-27(30)21-4-9-24(36)10-5-21)34-22-6-2-20(3-7-22)16-17-33-19-29(38)25-11-13-28(37)32-26(25)12-15-31(39)35-32/h2-15,18,29,33-34,36-38H,16-17,19H2,1H3,(H,35,39)/t29-/m0/s1. The third-order valence-electron chi connectivity index (χ3n) is 6.81. The number of phenolic OH excluding ortho intramolecular Hbond substituents is 2. The van der Waals surface area contributed by atoms with Gasteiger partial charge in [0.1, 0.15) is 17.2 Å². The lowest BCUT2D eigenvalue weighted by molar-refractivity contribution is 0.176. The maximum atomic E-state index is 11.6. The second-order valence-electron chi connectivity index (χ2n) is 9.54. The number of aliphatic hydroxyl groups is 1. The van der Waals surface area contributed by atoms with Crippen molar-refractivity contribution in [3.8, 4) is 28.4 Å². The molecule has 204 valence electrons. The van der Waals surface area contributed by atoms with Crippen molar-refractivity contribution in [1.82, 2.24) is 10.3 Å². The topological polar surface area (TPSA) is 127 Å². The zero-order valence-electron chi connectivity index (χ0n) is 22.0. The molecule has 5 aromatic rings. The lowest BCUT2D eigenvalue weighted by Gasteiger charge is -2.15. The molecule has 0 aliphatic rings. The van der Waals surface area contributed by atoms with E-state index in [9.17, 15) is 20.1 Å². The summed E-state index contributed by atoms with van der Waals surface area (Å²) in [5, 5.41) is 37.7. The van der Waals surface area contributed by atoms with E-state index in [0.717, 1.165) is 40.2 Å². The second kappa shape index (κ2) is 11.9. The summed E-state index contributed by atoms with van der Waals surface area (Å²) in [6, 6.07) is 27.2. The van der Waals surface area contributed by atoms with Crippen LogP contribution in [0.3, 0.4) is 0 Å². The molecule has 1 heterocycles. The number of anilines is 2. The Hall–Kier alpha value is -4.79. The summed E-state index contributed by atoms with van der Waals surface area (Å²) in [6.45, 7) is 1.00. The van der Waals surface area contributed by atoms with Crippen LogP contribution in [0.5, 0.6) is 17.2 Å². The average molecular weight is 538 g/mol. The number of nitrogens with one attached hydrogen (secondary N) is 3. The molecule has 0 radical (unpaired) electrons. The minimum atomic E-state index is -0.795. The molecule has 0 fully saturated rings. The first-order valence-corrected chi connectivity index (χ1v) is 13.0. The molecule has 5 rings (SSSR count). The fraction of sp³-hybridized carbons (Fsp3) is 0.156. The smallest absolute Gasteiger partial charge is 0.248 e. The Morgan fingerprint density at radius 2 is 1.62 bits per heavy atom. The van der Waals surface area contributed by atoms with Crippen LogP contribution in [0.25, 0.3) is 22.0 Å². The van der Waals surface area contributed by atoms with Crippen LogP contribution < -0.4 is 20.9 Å². The third kappa shape index (κ3) is 6.09. The predicted molar refractivity (Wildman–Crippen MR) is 158 cm³/mol. The van der Waals surface area contributed by atoms with Crippen LogP contribution in [0.15, 0.2) is 95.8 Å². The van der Waals surface area contributed by atoms with Crippen molar-refractivity contribution in [1.29, 1.82) is 0 Å². The molecule has 8 nitrogen and oxygen atoms in total. The van der Waals surface area contributed by atoms with E-state index in [4.69, 9.17) is 4.74 Å². The van der Waals surface area contributed by atoms with Gasteiger partial charge in [0.15, 0.2) is 0 Å². The number of hydrogen-bond donors (Lipinski definition) is 6. The predicted octanol–water partition coefficient (Wildman–Crippen LogP) is 5.22. The highest BCUT2D eigenvalue weighted by atomic mass is 16.5. The number of ether oxygens (including phenoxy) is 1. The number of methoxy groups -OCH3 is 1. The number of fused-ring (bicyclic) bond motifs is 1. The van der Waals surface area contributed by atoms with Gasteiger partial charge in [0.05, 0.1) is 18.7 Å². The van der Waals surface area contributed by atoms with E-state index in [1.807, 2.05) is 42.5 Å². The van der Waals surface area contributed by atoms with Crippen LogP contribution in [0, 0.1) is 0 Å². The molecule has 0 aliphatic carbocycles. The van der Waals surface area contributed by atoms with Gasteiger partial charge in [-0.1, -0.05) is 30.3 Å². The number of pyridine rings is 1. The zero-order chi connectivity index (χ0) is 28.1. The van der Waals surface area contributed by atoms with E-state index in [0.29, 0.717) is 29.6 Å². The number of aliphatic hydroxyl groups excluding tert-OH is 1. The molecular weight excluding hydrogens is 506 g/mol. The Morgan fingerprint density at radius 1 is 0.875 bits per heavy atom. The molecule has 0 aliphatic heterocycles. The van der Waals surface area contributed by atoms with Crippen molar-refractivity contribution >= 4 is 22.3 Å². The summed E-state index contributed by atoms with van der Waals surface area (Å²) in [4.78, 5) is 14.2. The molecule has 4 aromatic carbocycles. The number of H-pyrrole nitrogens is 1. The van der Waals surface area contributed by atoms with Gasteiger partial charge in [-0.05, 0) is 84.3 Å². The molecule has 8 heteroatoms. The molecule has 40 heavy (non-hydrogen) atoms. The highest BCUT2D eigenvalue weighted by Crippen LogP contribution is 2.34. The minimum absolute atomic E-state index is 0.0284. The van der Waals surface area contributed by atoms with Gasteiger partial charge in [0, 0.05) is 34.9 Å². The number of rotatable bonds is 10. The van der Waals surface area contributed by atoms with Crippen LogP contribution in [0.1, 0.15) is 17.2 Å². The monoisotopic (exact) mass is 537 g/mol. The van der Waals surface area contributed by atoms with Gasteiger partial charge >= 0.3 is 0 Å². The molecule has 0 saturated heterocycles. The van der Waals surface area contributed by atoms with Crippen molar-refractivity contribution in [2.45, 2.75) is 12.5 Å². The highest BCUT2D eigenvalue weighted by molar-refractivity contribution is 5.87. The molecular formula is C32H31N3O5.